The molecule has 0 radical (unpaired) electrons. The molecule has 1 atom stereocenters. The average Bonchev–Trinajstić information content (AvgIpc) is 3.11. The van der Waals surface area contributed by atoms with Crippen LogP contribution in [0.2, 0.25) is 0 Å². The Kier molecular flexibility index (Phi) is 5.98. The predicted octanol–water partition coefficient (Wildman–Crippen LogP) is 1.56. The quantitative estimate of drug-likeness (QED) is 0.813. The van der Waals surface area contributed by atoms with Crippen molar-refractivity contribution in [1.82, 2.24) is 9.80 Å². The fourth-order valence-electron chi connectivity index (χ4n) is 3.47. The lowest BCUT2D eigenvalue weighted by Crippen LogP contribution is -2.41. The first-order chi connectivity index (χ1) is 12.6. The summed E-state index contributed by atoms with van der Waals surface area (Å²) in [5.74, 6) is 1.08. The second-order valence-corrected chi connectivity index (χ2v) is 6.54. The maximum absolute atomic E-state index is 13.0. The molecule has 1 unspecified atom stereocenters. The van der Waals surface area contributed by atoms with Crippen LogP contribution in [0, 0.1) is 0 Å². The highest BCUT2D eigenvalue weighted by Gasteiger charge is 2.30. The van der Waals surface area contributed by atoms with E-state index in [1.807, 2.05) is 4.90 Å². The van der Waals surface area contributed by atoms with E-state index in [9.17, 15) is 9.59 Å². The second-order valence-electron chi connectivity index (χ2n) is 6.54. The zero-order chi connectivity index (χ0) is 18.5. The first-order valence-electron chi connectivity index (χ1n) is 9.05. The average molecular weight is 362 g/mol. The summed E-state index contributed by atoms with van der Waals surface area (Å²) in [5, 5.41) is 0. The van der Waals surface area contributed by atoms with Crippen molar-refractivity contribution in [3.05, 3.63) is 23.8 Å². The third-order valence-electron chi connectivity index (χ3n) is 4.94. The molecule has 142 valence electrons. The van der Waals surface area contributed by atoms with Crippen LogP contribution in [0.5, 0.6) is 11.5 Å². The first-order valence-corrected chi connectivity index (χ1v) is 9.05. The summed E-state index contributed by atoms with van der Waals surface area (Å²) in [6.45, 7) is 2.94. The zero-order valence-corrected chi connectivity index (χ0v) is 15.4. The van der Waals surface area contributed by atoms with Gasteiger partial charge in [-0.3, -0.25) is 9.59 Å². The smallest absolute Gasteiger partial charge is 0.257 e. The summed E-state index contributed by atoms with van der Waals surface area (Å²) < 4.78 is 16.1. The standard InChI is InChI=1S/C19H26N2O5/c1-24-14-6-7-16(25-2)15(13-14)18(22)20-8-4-9-21(11-10-20)19(23)17-5-3-12-26-17/h6-7,13,17H,3-5,8-12H2,1-2H3. The van der Waals surface area contributed by atoms with Gasteiger partial charge in [-0.05, 0) is 37.5 Å². The van der Waals surface area contributed by atoms with Crippen LogP contribution in [0.3, 0.4) is 0 Å². The number of methoxy groups -OCH3 is 2. The molecule has 0 saturated carbocycles. The Labute approximate surface area is 153 Å². The number of rotatable bonds is 4. The van der Waals surface area contributed by atoms with Gasteiger partial charge in [-0.2, -0.15) is 0 Å². The van der Waals surface area contributed by atoms with E-state index in [0.717, 1.165) is 19.3 Å². The summed E-state index contributed by atoms with van der Waals surface area (Å²) in [7, 11) is 3.11. The molecular weight excluding hydrogens is 336 g/mol. The Morgan fingerprint density at radius 2 is 1.81 bits per heavy atom. The SMILES string of the molecule is COc1ccc(OC)c(C(=O)N2CCCN(C(=O)C3CCCO3)CC2)c1. The van der Waals surface area contributed by atoms with E-state index in [0.29, 0.717) is 49.8 Å². The number of hydrogen-bond acceptors (Lipinski definition) is 5. The van der Waals surface area contributed by atoms with Crippen molar-refractivity contribution in [1.29, 1.82) is 0 Å². The van der Waals surface area contributed by atoms with Gasteiger partial charge in [0.05, 0.1) is 19.8 Å². The van der Waals surface area contributed by atoms with Crippen molar-refractivity contribution in [2.24, 2.45) is 0 Å². The molecule has 0 spiro atoms. The van der Waals surface area contributed by atoms with Crippen LogP contribution in [-0.4, -0.2) is 74.7 Å². The third-order valence-corrected chi connectivity index (χ3v) is 4.94. The molecule has 26 heavy (non-hydrogen) atoms. The van der Waals surface area contributed by atoms with E-state index in [-0.39, 0.29) is 17.9 Å². The minimum atomic E-state index is -0.310. The van der Waals surface area contributed by atoms with Gasteiger partial charge >= 0.3 is 0 Å². The van der Waals surface area contributed by atoms with Crippen LogP contribution in [0.4, 0.5) is 0 Å². The van der Waals surface area contributed by atoms with Crippen LogP contribution in [0.1, 0.15) is 29.6 Å². The third kappa shape index (κ3) is 3.93. The molecule has 7 nitrogen and oxygen atoms in total. The van der Waals surface area contributed by atoms with Crippen molar-refractivity contribution in [3.63, 3.8) is 0 Å². The van der Waals surface area contributed by atoms with Crippen LogP contribution in [0.25, 0.3) is 0 Å². The number of nitrogens with zero attached hydrogens (tertiary/aromatic N) is 2. The van der Waals surface area contributed by atoms with Gasteiger partial charge in [0, 0.05) is 32.8 Å². The monoisotopic (exact) mass is 362 g/mol. The fraction of sp³-hybridized carbons (Fsp3) is 0.579. The van der Waals surface area contributed by atoms with Crippen molar-refractivity contribution >= 4 is 11.8 Å². The molecule has 0 aromatic heterocycles. The van der Waals surface area contributed by atoms with Crippen LogP contribution < -0.4 is 9.47 Å². The van der Waals surface area contributed by atoms with Crippen molar-refractivity contribution in [3.8, 4) is 11.5 Å². The van der Waals surface area contributed by atoms with E-state index in [4.69, 9.17) is 14.2 Å². The van der Waals surface area contributed by atoms with Gasteiger partial charge in [0.25, 0.3) is 11.8 Å². The molecule has 1 aromatic carbocycles. The molecule has 2 heterocycles. The fourth-order valence-corrected chi connectivity index (χ4v) is 3.47. The first kappa shape index (κ1) is 18.5. The van der Waals surface area contributed by atoms with Crippen molar-refractivity contribution < 1.29 is 23.8 Å². The molecule has 2 fully saturated rings. The number of ether oxygens (including phenoxy) is 3. The molecule has 7 heteroatoms. The summed E-state index contributed by atoms with van der Waals surface area (Å²) >= 11 is 0. The van der Waals surface area contributed by atoms with Gasteiger partial charge in [0.2, 0.25) is 0 Å². The van der Waals surface area contributed by atoms with Gasteiger partial charge in [0.15, 0.2) is 0 Å². The molecule has 3 rings (SSSR count). The number of carbonyl (C=O) groups excluding carboxylic acids is 2. The zero-order valence-electron chi connectivity index (χ0n) is 15.4. The lowest BCUT2D eigenvalue weighted by atomic mass is 10.1. The van der Waals surface area contributed by atoms with E-state index in [1.165, 1.54) is 0 Å². The summed E-state index contributed by atoms with van der Waals surface area (Å²) in [4.78, 5) is 29.1. The van der Waals surface area contributed by atoms with Gasteiger partial charge in [-0.1, -0.05) is 0 Å². The number of carbonyl (C=O) groups is 2. The Balaban J connectivity index is 1.68. The van der Waals surface area contributed by atoms with E-state index < -0.39 is 0 Å². The Hall–Kier alpha value is -2.28. The second kappa shape index (κ2) is 8.40. The molecule has 0 aliphatic carbocycles. The summed E-state index contributed by atoms with van der Waals surface area (Å²) in [5.41, 5.74) is 0.478. The Morgan fingerprint density at radius 1 is 1.04 bits per heavy atom. The highest BCUT2D eigenvalue weighted by Crippen LogP contribution is 2.26. The molecule has 2 saturated heterocycles. The summed E-state index contributed by atoms with van der Waals surface area (Å²) in [6.07, 6.45) is 2.16. The lowest BCUT2D eigenvalue weighted by Gasteiger charge is -2.24. The number of amides is 2. The largest absolute Gasteiger partial charge is 0.497 e. The molecule has 2 aliphatic heterocycles. The molecule has 1 aromatic rings. The lowest BCUT2D eigenvalue weighted by molar-refractivity contribution is -0.140. The van der Waals surface area contributed by atoms with Crippen LogP contribution >= 0.6 is 0 Å². The number of hydrogen-bond donors (Lipinski definition) is 0. The molecule has 2 amide bonds. The van der Waals surface area contributed by atoms with Crippen molar-refractivity contribution in [2.45, 2.75) is 25.4 Å². The van der Waals surface area contributed by atoms with Crippen LogP contribution in [0.15, 0.2) is 18.2 Å². The van der Waals surface area contributed by atoms with Gasteiger partial charge in [0.1, 0.15) is 17.6 Å². The topological polar surface area (TPSA) is 68.3 Å². The molecule has 0 bridgehead atoms. The molecule has 0 N–H and O–H groups in total. The van der Waals surface area contributed by atoms with Crippen LogP contribution in [-0.2, 0) is 9.53 Å². The number of benzene rings is 1. The van der Waals surface area contributed by atoms with E-state index in [1.54, 1.807) is 37.3 Å². The van der Waals surface area contributed by atoms with Gasteiger partial charge in [-0.15, -0.1) is 0 Å². The van der Waals surface area contributed by atoms with Gasteiger partial charge in [-0.25, -0.2) is 0 Å². The Morgan fingerprint density at radius 3 is 2.50 bits per heavy atom. The highest BCUT2D eigenvalue weighted by molar-refractivity contribution is 5.97. The summed E-state index contributed by atoms with van der Waals surface area (Å²) in [6, 6.07) is 5.19. The molecule has 2 aliphatic rings. The minimum Gasteiger partial charge on any atom is -0.497 e. The predicted molar refractivity (Wildman–Crippen MR) is 95.6 cm³/mol. The van der Waals surface area contributed by atoms with Gasteiger partial charge < -0.3 is 24.0 Å². The maximum atomic E-state index is 13.0. The maximum Gasteiger partial charge on any atom is 0.257 e. The van der Waals surface area contributed by atoms with E-state index >= 15 is 0 Å². The van der Waals surface area contributed by atoms with E-state index in [2.05, 4.69) is 0 Å². The highest BCUT2D eigenvalue weighted by atomic mass is 16.5. The van der Waals surface area contributed by atoms with Crippen molar-refractivity contribution in [2.75, 3.05) is 47.0 Å². The normalized spacial score (nSPS) is 20.6. The molecular formula is C19H26N2O5. The Bertz CT molecular complexity index is 657. The minimum absolute atomic E-state index is 0.0516.